The maximum Gasteiger partial charge on any atom is 0.265 e. The van der Waals surface area contributed by atoms with Gasteiger partial charge in [-0.1, -0.05) is 109 Å². The number of carbonyl (C=O) groups is 2. The Hall–Kier alpha value is -4.09. The van der Waals surface area contributed by atoms with Crippen molar-refractivity contribution in [3.05, 3.63) is 136 Å². The zero-order chi connectivity index (χ0) is 26.5. The van der Waals surface area contributed by atoms with Crippen molar-refractivity contribution in [2.45, 2.75) is 31.2 Å². The van der Waals surface area contributed by atoms with Crippen molar-refractivity contribution in [1.82, 2.24) is 5.32 Å². The lowest BCUT2D eigenvalue weighted by Gasteiger charge is -2.31. The molecule has 0 fully saturated rings. The summed E-state index contributed by atoms with van der Waals surface area (Å²) in [5.74, 6) is -0.0179. The molecule has 1 heterocycles. The van der Waals surface area contributed by atoms with Crippen molar-refractivity contribution in [3.63, 3.8) is 0 Å². The summed E-state index contributed by atoms with van der Waals surface area (Å²) in [7, 11) is 0. The number of anilines is 1. The van der Waals surface area contributed by atoms with E-state index >= 15 is 0 Å². The van der Waals surface area contributed by atoms with E-state index in [9.17, 15) is 9.59 Å². The van der Waals surface area contributed by atoms with Crippen molar-refractivity contribution in [2.24, 2.45) is 0 Å². The number of fused-ring (bicyclic) bond motifs is 1. The lowest BCUT2D eigenvalue weighted by Crippen LogP contribution is -2.34. The second-order valence-corrected chi connectivity index (χ2v) is 10.7. The van der Waals surface area contributed by atoms with Gasteiger partial charge in [0.25, 0.3) is 11.8 Å². The first kappa shape index (κ1) is 25.6. The molecule has 2 amide bonds. The number of aryl methyl sites for hydroxylation is 1. The summed E-state index contributed by atoms with van der Waals surface area (Å²) < 4.78 is 0. The van der Waals surface area contributed by atoms with Crippen LogP contribution in [-0.2, 0) is 11.3 Å². The van der Waals surface area contributed by atoms with Crippen LogP contribution < -0.4 is 10.2 Å². The molecule has 0 aromatic heterocycles. The van der Waals surface area contributed by atoms with E-state index in [0.29, 0.717) is 23.6 Å². The average molecular weight is 519 g/mol. The largest absolute Gasteiger partial charge is 0.351 e. The molecule has 4 aromatic rings. The Kier molecular flexibility index (Phi) is 7.75. The van der Waals surface area contributed by atoms with E-state index in [1.54, 1.807) is 4.90 Å². The van der Waals surface area contributed by atoms with E-state index in [4.69, 9.17) is 0 Å². The normalized spacial score (nSPS) is 14.7. The number of hydrogen-bond acceptors (Lipinski definition) is 3. The number of amides is 2. The number of rotatable bonds is 7. The van der Waals surface area contributed by atoms with Crippen molar-refractivity contribution in [3.8, 4) is 0 Å². The third kappa shape index (κ3) is 5.90. The molecule has 5 rings (SSSR count). The molecular weight excluding hydrogens is 488 g/mol. The van der Waals surface area contributed by atoms with Crippen LogP contribution in [-0.4, -0.2) is 18.4 Å². The molecule has 1 aliphatic rings. The molecule has 0 saturated heterocycles. The SMILES string of the molecule is Cc1cccc(CN2C(=O)/C(=C/c3ccccc3)Sc3ccc(C(=O)NC[C@H](C)c4ccccc4)cc32)c1. The first-order chi connectivity index (χ1) is 18.5. The van der Waals surface area contributed by atoms with Gasteiger partial charge in [0.15, 0.2) is 0 Å². The van der Waals surface area contributed by atoms with Gasteiger partial charge in [-0.2, -0.15) is 0 Å². The molecule has 4 aromatic carbocycles. The van der Waals surface area contributed by atoms with Gasteiger partial charge in [-0.05, 0) is 53.8 Å². The van der Waals surface area contributed by atoms with Crippen molar-refractivity contribution in [2.75, 3.05) is 11.4 Å². The lowest BCUT2D eigenvalue weighted by molar-refractivity contribution is -0.114. The fourth-order valence-electron chi connectivity index (χ4n) is 4.55. The first-order valence-corrected chi connectivity index (χ1v) is 13.6. The van der Waals surface area contributed by atoms with E-state index in [1.807, 2.05) is 97.9 Å². The van der Waals surface area contributed by atoms with Crippen LogP contribution in [0, 0.1) is 6.92 Å². The van der Waals surface area contributed by atoms with Gasteiger partial charge in [0.05, 0.1) is 17.1 Å². The summed E-state index contributed by atoms with van der Waals surface area (Å²) in [5, 5.41) is 3.07. The molecule has 1 aliphatic heterocycles. The first-order valence-electron chi connectivity index (χ1n) is 12.8. The fraction of sp³-hybridized carbons (Fsp3) is 0.152. The molecule has 0 radical (unpaired) electrons. The summed E-state index contributed by atoms with van der Waals surface area (Å²) >= 11 is 1.45. The fourth-order valence-corrected chi connectivity index (χ4v) is 5.59. The third-order valence-corrected chi connectivity index (χ3v) is 7.72. The minimum atomic E-state index is -0.144. The number of nitrogens with zero attached hydrogens (tertiary/aromatic N) is 1. The highest BCUT2D eigenvalue weighted by atomic mass is 32.2. The Morgan fingerprint density at radius 2 is 1.66 bits per heavy atom. The summed E-state index contributed by atoms with van der Waals surface area (Å²) in [5.41, 5.74) is 5.65. The number of thioether (sulfide) groups is 1. The van der Waals surface area contributed by atoms with Crippen molar-refractivity contribution in [1.29, 1.82) is 0 Å². The van der Waals surface area contributed by atoms with Gasteiger partial charge >= 0.3 is 0 Å². The highest BCUT2D eigenvalue weighted by Gasteiger charge is 2.30. The van der Waals surface area contributed by atoms with Gasteiger partial charge in [-0.25, -0.2) is 0 Å². The summed E-state index contributed by atoms with van der Waals surface area (Å²) in [4.78, 5) is 30.3. The molecule has 1 N–H and O–H groups in total. The monoisotopic (exact) mass is 518 g/mol. The van der Waals surface area contributed by atoms with Gasteiger partial charge < -0.3 is 10.2 Å². The molecule has 0 aliphatic carbocycles. The van der Waals surface area contributed by atoms with E-state index in [-0.39, 0.29) is 17.7 Å². The van der Waals surface area contributed by atoms with Gasteiger partial charge in [-0.3, -0.25) is 9.59 Å². The van der Waals surface area contributed by atoms with Crippen LogP contribution in [0.5, 0.6) is 0 Å². The van der Waals surface area contributed by atoms with E-state index in [0.717, 1.165) is 27.3 Å². The van der Waals surface area contributed by atoms with Crippen LogP contribution >= 0.6 is 11.8 Å². The number of nitrogens with one attached hydrogen (secondary N) is 1. The number of hydrogen-bond donors (Lipinski definition) is 1. The van der Waals surface area contributed by atoms with E-state index in [2.05, 4.69) is 30.4 Å². The predicted molar refractivity (Wildman–Crippen MR) is 156 cm³/mol. The zero-order valence-electron chi connectivity index (χ0n) is 21.6. The predicted octanol–water partition coefficient (Wildman–Crippen LogP) is 7.21. The maximum absolute atomic E-state index is 13.8. The minimum Gasteiger partial charge on any atom is -0.351 e. The quantitative estimate of drug-likeness (QED) is 0.263. The van der Waals surface area contributed by atoms with Crippen molar-refractivity contribution >= 4 is 35.3 Å². The van der Waals surface area contributed by atoms with Crippen LogP contribution in [0.2, 0.25) is 0 Å². The molecule has 38 heavy (non-hydrogen) atoms. The van der Waals surface area contributed by atoms with Crippen LogP contribution in [0.1, 0.15) is 45.5 Å². The van der Waals surface area contributed by atoms with Gasteiger partial charge in [0, 0.05) is 17.0 Å². The van der Waals surface area contributed by atoms with Crippen LogP contribution in [0.25, 0.3) is 6.08 Å². The van der Waals surface area contributed by atoms with E-state index < -0.39 is 0 Å². The number of benzene rings is 4. The lowest BCUT2D eigenvalue weighted by atomic mass is 10.0. The molecule has 0 spiro atoms. The standard InChI is InChI=1S/C33H30N2O2S/c1-23-10-9-13-26(18-23)22-35-29-20-28(32(36)34-21-24(2)27-14-7-4-8-15-27)16-17-30(29)38-31(33(35)37)19-25-11-5-3-6-12-25/h3-20,24H,21-22H2,1-2H3,(H,34,36)/b31-19-/t24-/m0/s1. The molecule has 190 valence electrons. The Bertz CT molecular complexity index is 1480. The average Bonchev–Trinajstić information content (AvgIpc) is 2.94. The number of carbonyl (C=O) groups excluding carboxylic acids is 2. The highest BCUT2D eigenvalue weighted by molar-refractivity contribution is 8.04. The molecular formula is C33H30N2O2S. The molecule has 5 heteroatoms. The molecule has 4 nitrogen and oxygen atoms in total. The topological polar surface area (TPSA) is 49.4 Å². The second kappa shape index (κ2) is 11.5. The van der Waals surface area contributed by atoms with Crippen molar-refractivity contribution < 1.29 is 9.59 Å². The Morgan fingerprint density at radius 3 is 2.39 bits per heavy atom. The highest BCUT2D eigenvalue weighted by Crippen LogP contribution is 2.43. The smallest absolute Gasteiger partial charge is 0.265 e. The van der Waals surface area contributed by atoms with E-state index in [1.165, 1.54) is 17.3 Å². The Labute approximate surface area is 228 Å². The molecule has 0 bridgehead atoms. The van der Waals surface area contributed by atoms with Gasteiger partial charge in [0.2, 0.25) is 0 Å². The Morgan fingerprint density at radius 1 is 0.921 bits per heavy atom. The van der Waals surface area contributed by atoms with Crippen LogP contribution in [0.3, 0.4) is 0 Å². The summed E-state index contributed by atoms with van der Waals surface area (Å²) in [6.07, 6.45) is 1.94. The van der Waals surface area contributed by atoms with Gasteiger partial charge in [0.1, 0.15) is 0 Å². The molecule has 0 unspecified atom stereocenters. The maximum atomic E-state index is 13.8. The second-order valence-electron chi connectivity index (χ2n) is 9.61. The summed E-state index contributed by atoms with van der Waals surface area (Å²) in [6, 6.07) is 33.8. The van der Waals surface area contributed by atoms with Gasteiger partial charge in [-0.15, -0.1) is 0 Å². The Balaban J connectivity index is 1.43. The third-order valence-electron chi connectivity index (χ3n) is 6.65. The van der Waals surface area contributed by atoms with Crippen LogP contribution in [0.15, 0.2) is 113 Å². The molecule has 1 atom stereocenters. The minimum absolute atomic E-state index is 0.0666. The summed E-state index contributed by atoms with van der Waals surface area (Å²) in [6.45, 7) is 5.10. The zero-order valence-corrected chi connectivity index (χ0v) is 22.4. The molecule has 0 saturated carbocycles. The van der Waals surface area contributed by atoms with Crippen LogP contribution in [0.4, 0.5) is 5.69 Å².